The van der Waals surface area contributed by atoms with E-state index in [1.54, 1.807) is 0 Å². The van der Waals surface area contributed by atoms with E-state index in [4.69, 9.17) is 4.74 Å². The van der Waals surface area contributed by atoms with E-state index in [-0.39, 0.29) is 11.6 Å². The predicted molar refractivity (Wildman–Crippen MR) is 65.4 cm³/mol. The van der Waals surface area contributed by atoms with Gasteiger partial charge in [-0.1, -0.05) is 20.8 Å². The van der Waals surface area contributed by atoms with Gasteiger partial charge in [-0.2, -0.15) is 0 Å². The fourth-order valence-corrected chi connectivity index (χ4v) is 1.21. The molecule has 0 amide bonds. The molecule has 3 heteroatoms. The number of esters is 1. The van der Waals surface area contributed by atoms with Gasteiger partial charge in [0.15, 0.2) is 0 Å². The minimum absolute atomic E-state index is 0.174. The molecule has 0 aromatic carbocycles. The van der Waals surface area contributed by atoms with Crippen LogP contribution in [0.5, 0.6) is 0 Å². The molecule has 0 rings (SSSR count). The minimum Gasteiger partial charge on any atom is -0.469 e. The number of carbonyl (C=O) groups excluding carboxylic acids is 1. The van der Waals surface area contributed by atoms with E-state index >= 15 is 0 Å². The fourth-order valence-electron chi connectivity index (χ4n) is 1.21. The van der Waals surface area contributed by atoms with Crippen molar-refractivity contribution in [2.24, 2.45) is 5.41 Å². The molecule has 96 valence electrons. The van der Waals surface area contributed by atoms with Crippen molar-refractivity contribution in [1.29, 1.82) is 0 Å². The third-order valence-electron chi connectivity index (χ3n) is 2.50. The van der Waals surface area contributed by atoms with Crippen LogP contribution in [0, 0.1) is 5.41 Å². The Morgan fingerprint density at radius 3 is 2.06 bits per heavy atom. The Morgan fingerprint density at radius 2 is 1.62 bits per heavy atom. The molecular weight excluding hydrogens is 204 g/mol. The number of carbonyl (C=O) groups is 1. The van der Waals surface area contributed by atoms with Crippen molar-refractivity contribution in [2.75, 3.05) is 13.7 Å². The molecule has 0 radical (unpaired) electrons. The average Bonchev–Trinajstić information content (AvgIpc) is 2.12. The van der Waals surface area contributed by atoms with Crippen LogP contribution < -0.4 is 0 Å². The Balaban J connectivity index is 3.82. The van der Waals surface area contributed by atoms with Crippen LogP contribution in [-0.2, 0) is 14.3 Å². The summed E-state index contributed by atoms with van der Waals surface area (Å²) in [5, 5.41) is 0. The van der Waals surface area contributed by atoms with Crippen LogP contribution in [0.25, 0.3) is 0 Å². The number of hydrogen-bond acceptors (Lipinski definition) is 3. The number of rotatable bonds is 6. The third-order valence-corrected chi connectivity index (χ3v) is 2.50. The van der Waals surface area contributed by atoms with E-state index in [1.165, 1.54) is 7.11 Å². The molecule has 3 nitrogen and oxygen atoms in total. The molecule has 0 fully saturated rings. The van der Waals surface area contributed by atoms with Gasteiger partial charge in [0.2, 0.25) is 0 Å². The summed E-state index contributed by atoms with van der Waals surface area (Å²) in [4.78, 5) is 11.0. The van der Waals surface area contributed by atoms with Crippen molar-refractivity contribution < 1.29 is 14.3 Å². The lowest BCUT2D eigenvalue weighted by Gasteiger charge is -2.27. The highest BCUT2D eigenvalue weighted by molar-refractivity contribution is 5.69. The highest BCUT2D eigenvalue weighted by Gasteiger charge is 2.21. The Kier molecular flexibility index (Phi) is 6.01. The van der Waals surface area contributed by atoms with Gasteiger partial charge in [0.05, 0.1) is 12.7 Å². The third kappa shape index (κ3) is 8.72. The second kappa shape index (κ2) is 6.24. The zero-order chi connectivity index (χ0) is 12.8. The SMILES string of the molecule is COC(=O)CCC(C)(C)OCCC(C)(C)C. The molecular formula is C13H26O3. The van der Waals surface area contributed by atoms with Gasteiger partial charge in [-0.05, 0) is 32.1 Å². The summed E-state index contributed by atoms with van der Waals surface area (Å²) < 4.78 is 10.4. The first kappa shape index (κ1) is 15.4. The maximum absolute atomic E-state index is 11.0. The standard InChI is InChI=1S/C13H26O3/c1-12(2,3)9-10-16-13(4,5)8-7-11(14)15-6/h7-10H2,1-6H3. The van der Waals surface area contributed by atoms with Gasteiger partial charge in [0, 0.05) is 13.0 Å². The van der Waals surface area contributed by atoms with Crippen molar-refractivity contribution in [2.45, 2.75) is 59.5 Å². The van der Waals surface area contributed by atoms with Crippen molar-refractivity contribution in [3.05, 3.63) is 0 Å². The molecule has 0 heterocycles. The average molecular weight is 230 g/mol. The van der Waals surface area contributed by atoms with Crippen LogP contribution in [0.15, 0.2) is 0 Å². The van der Waals surface area contributed by atoms with Gasteiger partial charge >= 0.3 is 5.97 Å². The predicted octanol–water partition coefficient (Wildman–Crippen LogP) is 3.17. The largest absolute Gasteiger partial charge is 0.469 e. The topological polar surface area (TPSA) is 35.5 Å². The van der Waals surface area contributed by atoms with E-state index in [1.807, 2.05) is 13.8 Å². The smallest absolute Gasteiger partial charge is 0.305 e. The Labute approximate surface area is 99.5 Å². The number of ether oxygens (including phenoxy) is 2. The highest BCUT2D eigenvalue weighted by Crippen LogP contribution is 2.22. The quantitative estimate of drug-likeness (QED) is 0.657. The molecule has 0 atom stereocenters. The summed E-state index contributed by atoms with van der Waals surface area (Å²) in [6.45, 7) is 11.3. The molecule has 0 aromatic heterocycles. The normalized spacial score (nSPS) is 12.6. The first-order chi connectivity index (χ1) is 7.16. The summed E-state index contributed by atoms with van der Waals surface area (Å²) in [5.74, 6) is -0.174. The molecule has 0 unspecified atom stereocenters. The second-order valence-corrected chi connectivity index (χ2v) is 5.99. The lowest BCUT2D eigenvalue weighted by atomic mass is 9.93. The molecule has 0 spiro atoms. The first-order valence-corrected chi connectivity index (χ1v) is 5.87. The van der Waals surface area contributed by atoms with Crippen LogP contribution in [0.4, 0.5) is 0 Å². The summed E-state index contributed by atoms with van der Waals surface area (Å²) in [6.07, 6.45) is 2.14. The summed E-state index contributed by atoms with van der Waals surface area (Å²) >= 11 is 0. The zero-order valence-corrected chi connectivity index (χ0v) is 11.6. The highest BCUT2D eigenvalue weighted by atomic mass is 16.5. The molecule has 0 aliphatic carbocycles. The van der Waals surface area contributed by atoms with E-state index in [0.717, 1.165) is 13.0 Å². The van der Waals surface area contributed by atoms with Gasteiger partial charge in [0.25, 0.3) is 0 Å². The van der Waals surface area contributed by atoms with Crippen LogP contribution in [0.2, 0.25) is 0 Å². The molecule has 0 aromatic rings. The van der Waals surface area contributed by atoms with Crippen LogP contribution in [0.1, 0.15) is 53.9 Å². The molecule has 0 saturated heterocycles. The summed E-state index contributed by atoms with van der Waals surface area (Å²) in [5.41, 5.74) is 0.0396. The first-order valence-electron chi connectivity index (χ1n) is 5.87. The lowest BCUT2D eigenvalue weighted by molar-refractivity contribution is -0.142. The van der Waals surface area contributed by atoms with E-state index in [2.05, 4.69) is 25.5 Å². The van der Waals surface area contributed by atoms with E-state index < -0.39 is 0 Å². The van der Waals surface area contributed by atoms with Crippen molar-refractivity contribution in [3.63, 3.8) is 0 Å². The maximum Gasteiger partial charge on any atom is 0.305 e. The Hall–Kier alpha value is -0.570. The minimum atomic E-state index is -0.251. The molecule has 16 heavy (non-hydrogen) atoms. The second-order valence-electron chi connectivity index (χ2n) is 5.99. The summed E-state index contributed by atoms with van der Waals surface area (Å²) in [7, 11) is 1.41. The van der Waals surface area contributed by atoms with Crippen LogP contribution in [0.3, 0.4) is 0 Å². The van der Waals surface area contributed by atoms with Crippen molar-refractivity contribution in [1.82, 2.24) is 0 Å². The van der Waals surface area contributed by atoms with Gasteiger partial charge in [-0.25, -0.2) is 0 Å². The van der Waals surface area contributed by atoms with Gasteiger partial charge < -0.3 is 9.47 Å². The maximum atomic E-state index is 11.0. The number of hydrogen-bond donors (Lipinski definition) is 0. The van der Waals surface area contributed by atoms with E-state index in [0.29, 0.717) is 18.3 Å². The molecule has 0 bridgehead atoms. The van der Waals surface area contributed by atoms with Gasteiger partial charge in [0.1, 0.15) is 0 Å². The Bertz CT molecular complexity index is 214. The molecule has 0 aliphatic heterocycles. The Morgan fingerprint density at radius 1 is 1.06 bits per heavy atom. The zero-order valence-electron chi connectivity index (χ0n) is 11.6. The molecule has 0 saturated carbocycles. The monoisotopic (exact) mass is 230 g/mol. The van der Waals surface area contributed by atoms with Crippen molar-refractivity contribution in [3.8, 4) is 0 Å². The number of methoxy groups -OCH3 is 1. The van der Waals surface area contributed by atoms with Crippen molar-refractivity contribution >= 4 is 5.97 Å². The fraction of sp³-hybridized carbons (Fsp3) is 0.923. The van der Waals surface area contributed by atoms with E-state index in [9.17, 15) is 4.79 Å². The van der Waals surface area contributed by atoms with Crippen LogP contribution >= 0.6 is 0 Å². The van der Waals surface area contributed by atoms with Gasteiger partial charge in [-0.3, -0.25) is 4.79 Å². The lowest BCUT2D eigenvalue weighted by Crippen LogP contribution is -2.27. The molecule has 0 N–H and O–H groups in total. The molecule has 0 aliphatic rings. The van der Waals surface area contributed by atoms with Crippen LogP contribution in [-0.4, -0.2) is 25.3 Å². The summed E-state index contributed by atoms with van der Waals surface area (Å²) in [6, 6.07) is 0. The van der Waals surface area contributed by atoms with Gasteiger partial charge in [-0.15, -0.1) is 0 Å².